The fourth-order valence-electron chi connectivity index (χ4n) is 2.37. The monoisotopic (exact) mass is 398 g/mol. The van der Waals surface area contributed by atoms with Crippen LogP contribution in [0.2, 0.25) is 5.02 Å². The zero-order valence-corrected chi connectivity index (χ0v) is 16.2. The highest BCUT2D eigenvalue weighted by Gasteiger charge is 2.17. The zero-order chi connectivity index (χ0) is 19.5. The largest absolute Gasteiger partial charge is 0.331 e. The van der Waals surface area contributed by atoms with Crippen LogP contribution in [0.5, 0.6) is 0 Å². The molecule has 0 aliphatic heterocycles. The highest BCUT2D eigenvalue weighted by atomic mass is 35.5. The van der Waals surface area contributed by atoms with Crippen molar-refractivity contribution in [1.29, 1.82) is 0 Å². The van der Waals surface area contributed by atoms with Crippen molar-refractivity contribution in [2.75, 3.05) is 13.3 Å². The first-order chi connectivity index (χ1) is 12.1. The van der Waals surface area contributed by atoms with Crippen molar-refractivity contribution in [1.82, 2.24) is 10.2 Å². The van der Waals surface area contributed by atoms with Gasteiger partial charge in [-0.1, -0.05) is 29.8 Å². The molecule has 8 heteroatoms. The van der Waals surface area contributed by atoms with E-state index in [4.69, 9.17) is 11.6 Å². The first-order valence-corrected chi connectivity index (χ1v) is 10.1. The number of amides is 2. The third kappa shape index (κ3) is 4.95. The standard InChI is InChI=1S/C18H20ClFN2O3S/c1-12(13-7-9-14(10-8-13)26(3,24)25)21-18(23)22(2)11-15-16(19)5-4-6-17(15)20/h4-10,12H,11H2,1-3H3,(H,21,23). The van der Waals surface area contributed by atoms with Gasteiger partial charge in [-0.05, 0) is 36.8 Å². The van der Waals surface area contributed by atoms with E-state index in [0.717, 1.165) is 11.8 Å². The quantitative estimate of drug-likeness (QED) is 0.833. The van der Waals surface area contributed by atoms with Gasteiger partial charge in [-0.3, -0.25) is 0 Å². The number of carbonyl (C=O) groups is 1. The second kappa shape index (κ2) is 8.05. The molecule has 0 heterocycles. The van der Waals surface area contributed by atoms with E-state index in [0.29, 0.717) is 0 Å². The maximum absolute atomic E-state index is 13.8. The number of sulfone groups is 1. The fourth-order valence-corrected chi connectivity index (χ4v) is 3.23. The first-order valence-electron chi connectivity index (χ1n) is 7.84. The lowest BCUT2D eigenvalue weighted by atomic mass is 10.1. The van der Waals surface area contributed by atoms with E-state index in [2.05, 4.69) is 5.32 Å². The van der Waals surface area contributed by atoms with Gasteiger partial charge in [0, 0.05) is 23.9 Å². The van der Waals surface area contributed by atoms with Crippen molar-refractivity contribution in [2.24, 2.45) is 0 Å². The van der Waals surface area contributed by atoms with Crippen LogP contribution in [0.15, 0.2) is 47.4 Å². The van der Waals surface area contributed by atoms with E-state index in [9.17, 15) is 17.6 Å². The van der Waals surface area contributed by atoms with E-state index < -0.39 is 21.7 Å². The Hall–Kier alpha value is -2.12. The summed E-state index contributed by atoms with van der Waals surface area (Å²) in [6, 6.07) is 9.90. The van der Waals surface area contributed by atoms with Crippen molar-refractivity contribution < 1.29 is 17.6 Å². The molecule has 0 spiro atoms. The predicted molar refractivity (Wildman–Crippen MR) is 99.4 cm³/mol. The molecule has 0 saturated heterocycles. The number of hydrogen-bond acceptors (Lipinski definition) is 3. The van der Waals surface area contributed by atoms with Crippen LogP contribution in [0.1, 0.15) is 24.1 Å². The summed E-state index contributed by atoms with van der Waals surface area (Å²) in [5, 5.41) is 3.04. The zero-order valence-electron chi connectivity index (χ0n) is 14.7. The normalized spacial score (nSPS) is 12.5. The highest BCUT2D eigenvalue weighted by molar-refractivity contribution is 7.90. The molecular formula is C18H20ClFN2O3S. The first kappa shape index (κ1) is 20.2. The number of nitrogens with one attached hydrogen (secondary N) is 1. The average Bonchev–Trinajstić information content (AvgIpc) is 2.57. The van der Waals surface area contributed by atoms with Gasteiger partial charge in [0.1, 0.15) is 5.82 Å². The number of benzene rings is 2. The lowest BCUT2D eigenvalue weighted by molar-refractivity contribution is 0.203. The van der Waals surface area contributed by atoms with Gasteiger partial charge in [-0.25, -0.2) is 17.6 Å². The molecule has 0 fully saturated rings. The van der Waals surface area contributed by atoms with Crippen LogP contribution in [0.3, 0.4) is 0 Å². The van der Waals surface area contributed by atoms with Crippen molar-refractivity contribution in [3.8, 4) is 0 Å². The van der Waals surface area contributed by atoms with E-state index in [1.165, 1.54) is 36.2 Å². The molecule has 0 aliphatic carbocycles. The van der Waals surface area contributed by atoms with Crippen molar-refractivity contribution >= 4 is 27.5 Å². The molecule has 2 amide bonds. The van der Waals surface area contributed by atoms with Crippen LogP contribution < -0.4 is 5.32 Å². The van der Waals surface area contributed by atoms with Gasteiger partial charge in [-0.15, -0.1) is 0 Å². The average molecular weight is 399 g/mol. The van der Waals surface area contributed by atoms with E-state index in [1.807, 2.05) is 0 Å². The summed E-state index contributed by atoms with van der Waals surface area (Å²) in [4.78, 5) is 13.9. The Kier molecular flexibility index (Phi) is 6.26. The van der Waals surface area contributed by atoms with Crippen LogP contribution in [-0.2, 0) is 16.4 Å². The Morgan fingerprint density at radius 1 is 1.23 bits per heavy atom. The Labute approximate surface area is 157 Å². The lowest BCUT2D eigenvalue weighted by Crippen LogP contribution is -2.38. The predicted octanol–water partition coefficient (Wildman–Crippen LogP) is 3.79. The molecule has 2 rings (SSSR count). The van der Waals surface area contributed by atoms with Gasteiger partial charge in [0.15, 0.2) is 9.84 Å². The molecule has 0 aromatic heterocycles. The third-order valence-corrected chi connectivity index (χ3v) is 5.43. The summed E-state index contributed by atoms with van der Waals surface area (Å²) in [7, 11) is -1.73. The minimum atomic E-state index is -3.27. The Bertz CT molecular complexity index is 881. The maximum atomic E-state index is 13.8. The van der Waals surface area contributed by atoms with Crippen LogP contribution in [-0.4, -0.2) is 32.7 Å². The molecule has 26 heavy (non-hydrogen) atoms. The van der Waals surface area contributed by atoms with Gasteiger partial charge in [0.2, 0.25) is 0 Å². The molecule has 0 bridgehead atoms. The van der Waals surface area contributed by atoms with E-state index in [-0.39, 0.29) is 28.1 Å². The van der Waals surface area contributed by atoms with Crippen LogP contribution in [0, 0.1) is 5.82 Å². The minimum absolute atomic E-state index is 0.0249. The summed E-state index contributed by atoms with van der Waals surface area (Å²) in [5.41, 5.74) is 1.00. The van der Waals surface area contributed by atoms with Crippen LogP contribution >= 0.6 is 11.6 Å². The number of hydrogen-bond donors (Lipinski definition) is 1. The molecule has 5 nitrogen and oxygen atoms in total. The summed E-state index contributed by atoms with van der Waals surface area (Å²) in [5.74, 6) is -0.471. The SMILES string of the molecule is CC(NC(=O)N(C)Cc1c(F)cccc1Cl)c1ccc(S(C)(=O)=O)cc1. The third-order valence-electron chi connectivity index (χ3n) is 3.95. The highest BCUT2D eigenvalue weighted by Crippen LogP contribution is 2.21. The van der Waals surface area contributed by atoms with Gasteiger partial charge in [-0.2, -0.15) is 0 Å². The van der Waals surface area contributed by atoms with Gasteiger partial charge < -0.3 is 10.2 Å². The van der Waals surface area contributed by atoms with Crippen molar-refractivity contribution in [2.45, 2.75) is 24.4 Å². The Morgan fingerprint density at radius 2 is 1.85 bits per heavy atom. The Balaban J connectivity index is 2.04. The number of rotatable bonds is 5. The second-order valence-electron chi connectivity index (χ2n) is 6.07. The molecular weight excluding hydrogens is 379 g/mol. The summed E-state index contributed by atoms with van der Waals surface area (Å²) < 4.78 is 36.8. The second-order valence-corrected chi connectivity index (χ2v) is 8.49. The smallest absolute Gasteiger partial charge is 0.317 e. The number of urea groups is 1. The summed E-state index contributed by atoms with van der Waals surface area (Å²) >= 11 is 5.98. The van der Waals surface area contributed by atoms with E-state index >= 15 is 0 Å². The molecule has 0 aliphatic rings. The molecule has 1 N–H and O–H groups in total. The molecule has 140 valence electrons. The van der Waals surface area contributed by atoms with Gasteiger partial charge >= 0.3 is 6.03 Å². The van der Waals surface area contributed by atoms with Crippen molar-refractivity contribution in [3.63, 3.8) is 0 Å². The molecule has 2 aromatic rings. The molecule has 1 atom stereocenters. The molecule has 1 unspecified atom stereocenters. The Morgan fingerprint density at radius 3 is 2.38 bits per heavy atom. The summed E-state index contributed by atoms with van der Waals surface area (Å²) in [6.45, 7) is 1.80. The fraction of sp³-hybridized carbons (Fsp3) is 0.278. The molecule has 0 radical (unpaired) electrons. The van der Waals surface area contributed by atoms with E-state index in [1.54, 1.807) is 25.1 Å². The number of nitrogens with zero attached hydrogens (tertiary/aromatic N) is 1. The number of carbonyl (C=O) groups excluding carboxylic acids is 1. The maximum Gasteiger partial charge on any atom is 0.317 e. The lowest BCUT2D eigenvalue weighted by Gasteiger charge is -2.22. The van der Waals surface area contributed by atoms with Gasteiger partial charge in [0.05, 0.1) is 17.5 Å². The molecule has 0 saturated carbocycles. The van der Waals surface area contributed by atoms with Crippen molar-refractivity contribution in [3.05, 3.63) is 64.4 Å². The van der Waals surface area contributed by atoms with Gasteiger partial charge in [0.25, 0.3) is 0 Å². The number of halogens is 2. The van der Waals surface area contributed by atoms with Crippen LogP contribution in [0.25, 0.3) is 0 Å². The summed E-state index contributed by atoms with van der Waals surface area (Å²) in [6.07, 6.45) is 1.13. The minimum Gasteiger partial charge on any atom is -0.331 e. The topological polar surface area (TPSA) is 66.5 Å². The van der Waals surface area contributed by atoms with Crippen LogP contribution in [0.4, 0.5) is 9.18 Å². The molecule has 2 aromatic carbocycles.